The van der Waals surface area contributed by atoms with Crippen LogP contribution >= 0.6 is 0 Å². The number of rotatable bonds is 5. The first-order chi connectivity index (χ1) is 9.99. The normalized spacial score (nSPS) is 10.4. The van der Waals surface area contributed by atoms with Crippen LogP contribution in [0.5, 0.6) is 11.6 Å². The molecule has 0 aliphatic heterocycles. The topological polar surface area (TPSA) is 59.4 Å². The highest BCUT2D eigenvalue weighted by atomic mass is 16.5. The van der Waals surface area contributed by atoms with Crippen molar-refractivity contribution in [3.8, 4) is 11.6 Å². The predicted octanol–water partition coefficient (Wildman–Crippen LogP) is 4.14. The van der Waals surface area contributed by atoms with Crippen molar-refractivity contribution in [2.75, 3.05) is 0 Å². The van der Waals surface area contributed by atoms with Crippen LogP contribution in [0.1, 0.15) is 40.5 Å². The molecule has 0 aliphatic carbocycles. The van der Waals surface area contributed by atoms with Crippen molar-refractivity contribution in [3.05, 3.63) is 52.7 Å². The van der Waals surface area contributed by atoms with Gasteiger partial charge in [0.25, 0.3) is 0 Å². The van der Waals surface area contributed by atoms with Gasteiger partial charge in [-0.15, -0.1) is 0 Å². The van der Waals surface area contributed by atoms with Crippen molar-refractivity contribution in [3.63, 3.8) is 0 Å². The van der Waals surface area contributed by atoms with Crippen LogP contribution in [0.4, 0.5) is 0 Å². The Hall–Kier alpha value is -2.36. The molecular weight excluding hydrogens is 266 g/mol. The summed E-state index contributed by atoms with van der Waals surface area (Å²) >= 11 is 0. The molecule has 4 heteroatoms. The standard InChI is InChI=1S/C17H19NO3/c1-4-5-14-9-13(17(19)20)10-16(18-14)21-15-8-11(2)6-7-12(15)3/h6-10H,4-5H2,1-3H3,(H,19,20). The van der Waals surface area contributed by atoms with Crippen molar-refractivity contribution in [1.29, 1.82) is 0 Å². The summed E-state index contributed by atoms with van der Waals surface area (Å²) in [5.41, 5.74) is 3.01. The molecule has 0 aliphatic rings. The predicted molar refractivity (Wildman–Crippen MR) is 81.2 cm³/mol. The fourth-order valence-electron chi connectivity index (χ4n) is 2.05. The van der Waals surface area contributed by atoms with Gasteiger partial charge in [-0.25, -0.2) is 9.78 Å². The third-order valence-electron chi connectivity index (χ3n) is 3.17. The SMILES string of the molecule is CCCc1cc(C(=O)O)cc(Oc2cc(C)ccc2C)n1. The first-order valence-electron chi connectivity index (χ1n) is 6.99. The summed E-state index contributed by atoms with van der Waals surface area (Å²) in [7, 11) is 0. The molecule has 4 nitrogen and oxygen atoms in total. The van der Waals surface area contributed by atoms with Gasteiger partial charge in [0.05, 0.1) is 5.56 Å². The van der Waals surface area contributed by atoms with Gasteiger partial charge in [-0.05, 0) is 43.5 Å². The van der Waals surface area contributed by atoms with Gasteiger partial charge in [-0.1, -0.05) is 25.5 Å². The van der Waals surface area contributed by atoms with E-state index < -0.39 is 5.97 Å². The number of carboxylic acids is 1. The Morgan fingerprint density at radius 2 is 2.00 bits per heavy atom. The molecule has 1 N–H and O–H groups in total. The molecule has 2 aromatic rings. The lowest BCUT2D eigenvalue weighted by atomic mass is 10.1. The second-order valence-electron chi connectivity index (χ2n) is 5.11. The molecule has 0 atom stereocenters. The third kappa shape index (κ3) is 3.81. The van der Waals surface area contributed by atoms with E-state index in [0.29, 0.717) is 11.6 Å². The monoisotopic (exact) mass is 285 g/mol. The van der Waals surface area contributed by atoms with E-state index in [1.807, 2.05) is 39.0 Å². The maximum absolute atomic E-state index is 11.2. The number of nitrogens with zero attached hydrogens (tertiary/aromatic N) is 1. The summed E-state index contributed by atoms with van der Waals surface area (Å²) in [6.45, 7) is 5.96. The molecule has 0 fully saturated rings. The van der Waals surface area contributed by atoms with E-state index in [4.69, 9.17) is 4.74 Å². The highest BCUT2D eigenvalue weighted by Crippen LogP contribution is 2.26. The number of aryl methyl sites for hydroxylation is 3. The lowest BCUT2D eigenvalue weighted by Crippen LogP contribution is -2.02. The zero-order valence-electron chi connectivity index (χ0n) is 12.5. The molecule has 2 rings (SSSR count). The van der Waals surface area contributed by atoms with Gasteiger partial charge in [-0.2, -0.15) is 0 Å². The van der Waals surface area contributed by atoms with E-state index in [2.05, 4.69) is 4.98 Å². The number of hydrogen-bond acceptors (Lipinski definition) is 3. The zero-order chi connectivity index (χ0) is 15.4. The van der Waals surface area contributed by atoms with Crippen molar-refractivity contribution >= 4 is 5.97 Å². The van der Waals surface area contributed by atoms with Crippen LogP contribution in [0.15, 0.2) is 30.3 Å². The highest BCUT2D eigenvalue weighted by Gasteiger charge is 2.11. The summed E-state index contributed by atoms with van der Waals surface area (Å²) in [6, 6.07) is 8.96. The fraction of sp³-hybridized carbons (Fsp3) is 0.294. The van der Waals surface area contributed by atoms with E-state index in [1.165, 1.54) is 6.07 Å². The van der Waals surface area contributed by atoms with E-state index in [-0.39, 0.29) is 5.56 Å². The van der Waals surface area contributed by atoms with Crippen LogP contribution in [0.2, 0.25) is 0 Å². The average molecular weight is 285 g/mol. The van der Waals surface area contributed by atoms with E-state index in [1.54, 1.807) is 6.07 Å². The first kappa shape index (κ1) is 15.0. The van der Waals surface area contributed by atoms with Gasteiger partial charge in [-0.3, -0.25) is 0 Å². The summed E-state index contributed by atoms with van der Waals surface area (Å²) in [5, 5.41) is 9.18. The largest absolute Gasteiger partial charge is 0.478 e. The summed E-state index contributed by atoms with van der Waals surface area (Å²) < 4.78 is 5.79. The van der Waals surface area contributed by atoms with Crippen molar-refractivity contribution in [2.45, 2.75) is 33.6 Å². The van der Waals surface area contributed by atoms with Gasteiger partial charge in [0.2, 0.25) is 5.88 Å². The van der Waals surface area contributed by atoms with Crippen LogP contribution in [-0.2, 0) is 6.42 Å². The van der Waals surface area contributed by atoms with Crippen LogP contribution in [0, 0.1) is 13.8 Å². The number of hydrogen-bond donors (Lipinski definition) is 1. The molecule has 0 saturated carbocycles. The summed E-state index contributed by atoms with van der Waals surface area (Å²) in [4.78, 5) is 15.6. The van der Waals surface area contributed by atoms with Crippen molar-refractivity contribution in [1.82, 2.24) is 4.98 Å². The third-order valence-corrected chi connectivity index (χ3v) is 3.17. The van der Waals surface area contributed by atoms with Crippen molar-refractivity contribution < 1.29 is 14.6 Å². The smallest absolute Gasteiger partial charge is 0.335 e. The average Bonchev–Trinajstić information content (AvgIpc) is 2.43. The van der Waals surface area contributed by atoms with Gasteiger partial charge in [0.1, 0.15) is 5.75 Å². The summed E-state index contributed by atoms with van der Waals surface area (Å²) in [5.74, 6) is 0.0557. The molecular formula is C17H19NO3. The number of benzene rings is 1. The van der Waals surface area contributed by atoms with Gasteiger partial charge in [0.15, 0.2) is 0 Å². The molecule has 0 saturated heterocycles. The Kier molecular flexibility index (Phi) is 4.58. The van der Waals surface area contributed by atoms with Gasteiger partial charge < -0.3 is 9.84 Å². The number of aromatic nitrogens is 1. The molecule has 0 bridgehead atoms. The Morgan fingerprint density at radius 1 is 1.24 bits per heavy atom. The molecule has 110 valence electrons. The number of carbonyl (C=O) groups is 1. The highest BCUT2D eigenvalue weighted by molar-refractivity contribution is 5.88. The van der Waals surface area contributed by atoms with Gasteiger partial charge in [0, 0.05) is 11.8 Å². The lowest BCUT2D eigenvalue weighted by Gasteiger charge is -2.11. The minimum absolute atomic E-state index is 0.203. The fourth-order valence-corrected chi connectivity index (χ4v) is 2.05. The zero-order valence-corrected chi connectivity index (χ0v) is 12.5. The molecule has 0 unspecified atom stereocenters. The van der Waals surface area contributed by atoms with Gasteiger partial charge >= 0.3 is 5.97 Å². The number of carboxylic acid groups (broad SMARTS) is 1. The van der Waals surface area contributed by atoms with Crippen molar-refractivity contribution in [2.24, 2.45) is 0 Å². The van der Waals surface area contributed by atoms with E-state index in [9.17, 15) is 9.90 Å². The molecule has 1 aromatic carbocycles. The lowest BCUT2D eigenvalue weighted by molar-refractivity contribution is 0.0696. The maximum Gasteiger partial charge on any atom is 0.335 e. The second-order valence-corrected chi connectivity index (χ2v) is 5.11. The molecule has 0 radical (unpaired) electrons. The minimum atomic E-state index is -0.972. The van der Waals surface area contributed by atoms with Crippen LogP contribution in [0.3, 0.4) is 0 Å². The van der Waals surface area contributed by atoms with Crippen LogP contribution in [-0.4, -0.2) is 16.1 Å². The second kappa shape index (κ2) is 6.39. The van der Waals surface area contributed by atoms with Crippen LogP contribution < -0.4 is 4.74 Å². The molecule has 21 heavy (non-hydrogen) atoms. The minimum Gasteiger partial charge on any atom is -0.478 e. The van der Waals surface area contributed by atoms with E-state index in [0.717, 1.165) is 29.7 Å². The Labute approximate surface area is 124 Å². The van der Waals surface area contributed by atoms with E-state index >= 15 is 0 Å². The molecule has 1 aromatic heterocycles. The molecule has 0 spiro atoms. The number of ether oxygens (including phenoxy) is 1. The number of pyridine rings is 1. The Bertz CT molecular complexity index is 665. The Balaban J connectivity index is 2.38. The first-order valence-corrected chi connectivity index (χ1v) is 6.99. The number of aromatic carboxylic acids is 1. The van der Waals surface area contributed by atoms with Crippen LogP contribution in [0.25, 0.3) is 0 Å². The summed E-state index contributed by atoms with van der Waals surface area (Å²) in [6.07, 6.45) is 1.63. The maximum atomic E-state index is 11.2. The Morgan fingerprint density at radius 3 is 2.67 bits per heavy atom. The molecule has 1 heterocycles. The quantitative estimate of drug-likeness (QED) is 0.896. The molecule has 0 amide bonds.